The minimum absolute atomic E-state index is 0.693. The van der Waals surface area contributed by atoms with Crippen LogP contribution in [0.2, 0.25) is 0 Å². The van der Waals surface area contributed by atoms with E-state index in [1.54, 1.807) is 0 Å². The first-order chi connectivity index (χ1) is 7.11. The molecule has 15 heavy (non-hydrogen) atoms. The van der Waals surface area contributed by atoms with Gasteiger partial charge in [-0.3, -0.25) is 0 Å². The number of rotatable bonds is 5. The fraction of sp³-hybridized carbons (Fsp3) is 0.571. The van der Waals surface area contributed by atoms with Gasteiger partial charge in [0.05, 0.1) is 0 Å². The summed E-state index contributed by atoms with van der Waals surface area (Å²) < 4.78 is 0. The Labute approximate surface area is 98.5 Å². The molecule has 0 aliphatic rings. The van der Waals surface area contributed by atoms with Crippen LogP contribution in [0.25, 0.3) is 0 Å². The van der Waals surface area contributed by atoms with Crippen LogP contribution in [0.3, 0.4) is 0 Å². The topological polar surface area (TPSA) is 0 Å². The average molecular weight is 222 g/mol. The number of thioether (sulfide) groups is 1. The molecule has 0 aromatic heterocycles. The first kappa shape index (κ1) is 12.6. The van der Waals surface area contributed by atoms with Crippen LogP contribution in [-0.2, 0) is 0 Å². The van der Waals surface area contributed by atoms with Gasteiger partial charge in [0.2, 0.25) is 0 Å². The summed E-state index contributed by atoms with van der Waals surface area (Å²) in [7, 11) is 0. The molecule has 0 radical (unpaired) electrons. The lowest BCUT2D eigenvalue weighted by molar-refractivity contribution is 0.541. The second-order valence-electron chi connectivity index (χ2n) is 4.64. The average Bonchev–Trinajstić information content (AvgIpc) is 2.18. The molecule has 0 nitrogen and oxygen atoms in total. The largest absolute Gasteiger partial charge is 0.159 e. The summed E-state index contributed by atoms with van der Waals surface area (Å²) in [5, 5.41) is 0.731. The van der Waals surface area contributed by atoms with Gasteiger partial charge in [0.15, 0.2) is 0 Å². The van der Waals surface area contributed by atoms with Crippen LogP contribution in [-0.4, -0.2) is 11.0 Å². The predicted octanol–water partition coefficient (Wildman–Crippen LogP) is 4.57. The highest BCUT2D eigenvalue weighted by Gasteiger charge is 2.15. The monoisotopic (exact) mass is 222 g/mol. The molecular formula is C14H22S. The van der Waals surface area contributed by atoms with Crippen LogP contribution >= 0.6 is 11.8 Å². The zero-order chi connectivity index (χ0) is 11.3. The Morgan fingerprint density at radius 3 is 2.07 bits per heavy atom. The Kier molecular flexibility index (Phi) is 5.24. The van der Waals surface area contributed by atoms with E-state index in [0.717, 1.165) is 11.2 Å². The molecule has 0 amide bonds. The number of benzene rings is 1. The van der Waals surface area contributed by atoms with E-state index in [-0.39, 0.29) is 0 Å². The van der Waals surface area contributed by atoms with Crippen LogP contribution in [0.5, 0.6) is 0 Å². The second kappa shape index (κ2) is 6.22. The molecule has 1 unspecified atom stereocenters. The molecular weight excluding hydrogens is 200 g/mol. The molecule has 0 saturated heterocycles. The molecule has 0 aliphatic carbocycles. The summed E-state index contributed by atoms with van der Waals surface area (Å²) in [4.78, 5) is 0. The second-order valence-corrected chi connectivity index (χ2v) is 6.25. The number of hydrogen-bond acceptors (Lipinski definition) is 1. The Hall–Kier alpha value is -0.430. The summed E-state index contributed by atoms with van der Waals surface area (Å²) >= 11 is 2.06. The molecule has 0 heterocycles. The minimum atomic E-state index is 0.693. The normalized spacial score (nSPS) is 13.5. The maximum Gasteiger partial charge on any atom is 0.000651 e. The van der Waals surface area contributed by atoms with Gasteiger partial charge in [-0.15, -0.1) is 0 Å². The van der Waals surface area contributed by atoms with Crippen LogP contribution in [0, 0.1) is 5.92 Å². The first-order valence-electron chi connectivity index (χ1n) is 5.77. The van der Waals surface area contributed by atoms with E-state index >= 15 is 0 Å². The van der Waals surface area contributed by atoms with Gasteiger partial charge in [0, 0.05) is 5.75 Å². The highest BCUT2D eigenvalue weighted by molar-refractivity contribution is 7.99. The highest BCUT2D eigenvalue weighted by Crippen LogP contribution is 2.29. The van der Waals surface area contributed by atoms with Crippen molar-refractivity contribution in [3.8, 4) is 0 Å². The highest BCUT2D eigenvalue weighted by atomic mass is 32.2. The summed E-state index contributed by atoms with van der Waals surface area (Å²) in [6.07, 6.45) is 0. The molecule has 1 atom stereocenters. The lowest BCUT2D eigenvalue weighted by atomic mass is 9.90. The molecule has 1 aromatic carbocycles. The molecule has 0 bridgehead atoms. The summed E-state index contributed by atoms with van der Waals surface area (Å²) in [5.74, 6) is 2.65. The van der Waals surface area contributed by atoms with Crippen LogP contribution in [0.1, 0.15) is 39.2 Å². The van der Waals surface area contributed by atoms with Crippen molar-refractivity contribution in [3.63, 3.8) is 0 Å². The third-order valence-electron chi connectivity index (χ3n) is 2.64. The van der Waals surface area contributed by atoms with Crippen molar-refractivity contribution in [2.45, 2.75) is 38.9 Å². The Bertz CT molecular complexity index is 264. The van der Waals surface area contributed by atoms with E-state index in [2.05, 4.69) is 69.8 Å². The Morgan fingerprint density at radius 2 is 1.60 bits per heavy atom. The molecule has 0 spiro atoms. The fourth-order valence-electron chi connectivity index (χ4n) is 1.67. The van der Waals surface area contributed by atoms with Gasteiger partial charge >= 0.3 is 0 Å². The molecule has 1 rings (SSSR count). The van der Waals surface area contributed by atoms with E-state index < -0.39 is 0 Å². The standard InChI is InChI=1S/C14H22S/c1-11(2)14(10-15-12(3)4)13-8-6-5-7-9-13/h5-9,11-12,14H,10H2,1-4H3. The van der Waals surface area contributed by atoms with Crippen LogP contribution in [0.15, 0.2) is 30.3 Å². The lowest BCUT2D eigenvalue weighted by Gasteiger charge is -2.22. The van der Waals surface area contributed by atoms with Crippen molar-refractivity contribution in [1.29, 1.82) is 0 Å². The van der Waals surface area contributed by atoms with E-state index in [0.29, 0.717) is 5.92 Å². The van der Waals surface area contributed by atoms with E-state index in [9.17, 15) is 0 Å². The molecule has 1 heteroatoms. The van der Waals surface area contributed by atoms with Gasteiger partial charge in [-0.25, -0.2) is 0 Å². The third kappa shape index (κ3) is 4.29. The molecule has 1 aromatic rings. The van der Waals surface area contributed by atoms with Crippen molar-refractivity contribution in [2.75, 3.05) is 5.75 Å². The zero-order valence-electron chi connectivity index (χ0n) is 10.2. The molecule has 0 fully saturated rings. The summed E-state index contributed by atoms with van der Waals surface area (Å²) in [6.45, 7) is 9.18. The van der Waals surface area contributed by atoms with Gasteiger partial charge < -0.3 is 0 Å². The predicted molar refractivity (Wildman–Crippen MR) is 71.6 cm³/mol. The SMILES string of the molecule is CC(C)SCC(c1ccccc1)C(C)C. The van der Waals surface area contributed by atoms with Crippen molar-refractivity contribution in [2.24, 2.45) is 5.92 Å². The van der Waals surface area contributed by atoms with E-state index in [1.165, 1.54) is 11.3 Å². The maximum absolute atomic E-state index is 2.32. The van der Waals surface area contributed by atoms with Gasteiger partial charge in [-0.05, 0) is 22.6 Å². The van der Waals surface area contributed by atoms with Gasteiger partial charge in [0.25, 0.3) is 0 Å². The molecule has 0 N–H and O–H groups in total. The zero-order valence-corrected chi connectivity index (χ0v) is 11.1. The maximum atomic E-state index is 2.32. The van der Waals surface area contributed by atoms with Crippen molar-refractivity contribution in [1.82, 2.24) is 0 Å². The van der Waals surface area contributed by atoms with Gasteiger partial charge in [-0.2, -0.15) is 11.8 Å². The van der Waals surface area contributed by atoms with Gasteiger partial charge in [-0.1, -0.05) is 58.0 Å². The molecule has 0 saturated carbocycles. The third-order valence-corrected chi connectivity index (χ3v) is 3.86. The molecule has 0 aliphatic heterocycles. The van der Waals surface area contributed by atoms with E-state index in [1.807, 2.05) is 0 Å². The van der Waals surface area contributed by atoms with Gasteiger partial charge in [0.1, 0.15) is 0 Å². The smallest absolute Gasteiger partial charge is 0.000651 e. The van der Waals surface area contributed by atoms with Crippen molar-refractivity contribution < 1.29 is 0 Å². The first-order valence-corrected chi connectivity index (χ1v) is 6.82. The molecule has 84 valence electrons. The number of hydrogen-bond donors (Lipinski definition) is 0. The summed E-state index contributed by atoms with van der Waals surface area (Å²) in [5.41, 5.74) is 1.49. The Morgan fingerprint density at radius 1 is 1.00 bits per heavy atom. The Balaban J connectivity index is 2.66. The van der Waals surface area contributed by atoms with Crippen LogP contribution in [0.4, 0.5) is 0 Å². The fourth-order valence-corrected chi connectivity index (χ4v) is 2.84. The quantitative estimate of drug-likeness (QED) is 0.703. The summed E-state index contributed by atoms with van der Waals surface area (Å²) in [6, 6.07) is 10.9. The van der Waals surface area contributed by atoms with Crippen LogP contribution < -0.4 is 0 Å². The van der Waals surface area contributed by atoms with Crippen molar-refractivity contribution >= 4 is 11.8 Å². The van der Waals surface area contributed by atoms with E-state index in [4.69, 9.17) is 0 Å². The minimum Gasteiger partial charge on any atom is -0.159 e. The lowest BCUT2D eigenvalue weighted by Crippen LogP contribution is -2.10. The van der Waals surface area contributed by atoms with Crippen molar-refractivity contribution in [3.05, 3.63) is 35.9 Å².